The van der Waals surface area contributed by atoms with Crippen LogP contribution < -0.4 is 0 Å². The van der Waals surface area contributed by atoms with Crippen LogP contribution in [0.25, 0.3) is 0 Å². The van der Waals surface area contributed by atoms with Crippen molar-refractivity contribution < 1.29 is 23.1 Å². The van der Waals surface area contributed by atoms with Gasteiger partial charge in [0.2, 0.25) is 5.91 Å². The lowest BCUT2D eigenvalue weighted by molar-refractivity contribution is -0.161. The molecule has 0 aliphatic heterocycles. The molecule has 0 saturated heterocycles. The Morgan fingerprint density at radius 2 is 2.00 bits per heavy atom. The van der Waals surface area contributed by atoms with Gasteiger partial charge in [-0.15, -0.1) is 0 Å². The molecule has 0 aliphatic rings. The minimum absolute atomic E-state index is 0.00389. The van der Waals surface area contributed by atoms with Crippen LogP contribution in [-0.4, -0.2) is 47.1 Å². The summed E-state index contributed by atoms with van der Waals surface area (Å²) < 4.78 is 35.8. The number of alkyl halides is 4. The minimum Gasteiger partial charge on any atom is -0.395 e. The normalized spacial score (nSPS) is 11.5. The smallest absolute Gasteiger partial charge is 0.395 e. The van der Waals surface area contributed by atoms with Crippen LogP contribution in [0.15, 0.2) is 0 Å². The number of aliphatic hydroxyl groups excluding tert-OH is 1. The maximum absolute atomic E-state index is 11.9. The number of carbonyl (C=O) groups is 1. The topological polar surface area (TPSA) is 40.5 Å². The number of aliphatic hydroxyl groups is 1. The van der Waals surface area contributed by atoms with Gasteiger partial charge in [0, 0.05) is 18.3 Å². The molecule has 0 saturated carbocycles. The molecule has 84 valence electrons. The van der Waals surface area contributed by atoms with Crippen LogP contribution in [0.4, 0.5) is 13.2 Å². The zero-order valence-corrected chi connectivity index (χ0v) is 8.94. The van der Waals surface area contributed by atoms with Crippen molar-refractivity contribution in [3.05, 3.63) is 0 Å². The van der Waals surface area contributed by atoms with E-state index in [4.69, 9.17) is 5.11 Å². The van der Waals surface area contributed by atoms with E-state index < -0.39 is 25.2 Å². The van der Waals surface area contributed by atoms with Gasteiger partial charge in [-0.2, -0.15) is 13.2 Å². The van der Waals surface area contributed by atoms with Crippen LogP contribution in [0.2, 0.25) is 0 Å². The van der Waals surface area contributed by atoms with E-state index in [-0.39, 0.29) is 13.0 Å². The van der Waals surface area contributed by atoms with Crippen LogP contribution in [0.1, 0.15) is 6.42 Å². The van der Waals surface area contributed by atoms with Crippen molar-refractivity contribution in [1.82, 2.24) is 4.90 Å². The Kier molecular flexibility index (Phi) is 6.10. The Labute approximate surface area is 88.0 Å². The summed E-state index contributed by atoms with van der Waals surface area (Å²) in [7, 11) is 0. The SMILES string of the molecule is O=C(CCBr)N(CCO)CC(F)(F)F. The van der Waals surface area contributed by atoms with Gasteiger partial charge in [0.1, 0.15) is 6.54 Å². The van der Waals surface area contributed by atoms with Gasteiger partial charge in [-0.3, -0.25) is 4.79 Å². The van der Waals surface area contributed by atoms with Gasteiger partial charge in [0.15, 0.2) is 0 Å². The summed E-state index contributed by atoms with van der Waals surface area (Å²) in [6.07, 6.45) is -4.42. The molecular formula is C7H11BrF3NO2. The van der Waals surface area contributed by atoms with E-state index in [0.29, 0.717) is 10.2 Å². The highest BCUT2D eigenvalue weighted by Gasteiger charge is 2.32. The zero-order valence-electron chi connectivity index (χ0n) is 7.35. The average Bonchev–Trinajstić information content (AvgIpc) is 2.01. The molecule has 0 atom stereocenters. The summed E-state index contributed by atoms with van der Waals surface area (Å²) in [6.45, 7) is -2.06. The van der Waals surface area contributed by atoms with Gasteiger partial charge in [0.25, 0.3) is 0 Å². The van der Waals surface area contributed by atoms with Gasteiger partial charge in [0.05, 0.1) is 6.61 Å². The lowest BCUT2D eigenvalue weighted by Crippen LogP contribution is -2.40. The maximum atomic E-state index is 11.9. The van der Waals surface area contributed by atoms with E-state index in [1.54, 1.807) is 0 Å². The Bertz CT molecular complexity index is 186. The molecule has 0 spiro atoms. The molecular weight excluding hydrogens is 267 g/mol. The van der Waals surface area contributed by atoms with Crippen molar-refractivity contribution in [2.24, 2.45) is 0 Å². The molecule has 0 unspecified atom stereocenters. The molecule has 0 bridgehead atoms. The average molecular weight is 278 g/mol. The monoisotopic (exact) mass is 277 g/mol. The first-order valence-electron chi connectivity index (χ1n) is 3.92. The van der Waals surface area contributed by atoms with Gasteiger partial charge in [-0.1, -0.05) is 15.9 Å². The number of rotatable bonds is 5. The van der Waals surface area contributed by atoms with Gasteiger partial charge in [-0.25, -0.2) is 0 Å². The predicted molar refractivity (Wildman–Crippen MR) is 48.1 cm³/mol. The van der Waals surface area contributed by atoms with E-state index in [2.05, 4.69) is 15.9 Å². The molecule has 14 heavy (non-hydrogen) atoms. The van der Waals surface area contributed by atoms with Gasteiger partial charge in [-0.05, 0) is 0 Å². The standard InChI is InChI=1S/C7H11BrF3NO2/c8-2-1-6(14)12(3-4-13)5-7(9,10)11/h13H,1-5H2. The highest BCUT2D eigenvalue weighted by atomic mass is 79.9. The molecule has 7 heteroatoms. The number of hydrogen-bond acceptors (Lipinski definition) is 2. The molecule has 0 rings (SSSR count). The highest BCUT2D eigenvalue weighted by molar-refractivity contribution is 9.09. The number of hydrogen-bond donors (Lipinski definition) is 1. The van der Waals surface area contributed by atoms with Crippen LogP contribution in [-0.2, 0) is 4.79 Å². The second kappa shape index (κ2) is 6.23. The van der Waals surface area contributed by atoms with Crippen molar-refractivity contribution >= 4 is 21.8 Å². The van der Waals surface area contributed by atoms with Crippen LogP contribution in [0.5, 0.6) is 0 Å². The molecule has 1 amide bonds. The van der Waals surface area contributed by atoms with Crippen LogP contribution in [0.3, 0.4) is 0 Å². The lowest BCUT2D eigenvalue weighted by Gasteiger charge is -2.22. The molecule has 0 heterocycles. The van der Waals surface area contributed by atoms with Crippen molar-refractivity contribution in [2.45, 2.75) is 12.6 Å². The summed E-state index contributed by atoms with van der Waals surface area (Å²) in [6, 6.07) is 0. The van der Waals surface area contributed by atoms with E-state index >= 15 is 0 Å². The van der Waals surface area contributed by atoms with Crippen molar-refractivity contribution in [3.8, 4) is 0 Å². The van der Waals surface area contributed by atoms with Crippen LogP contribution >= 0.6 is 15.9 Å². The van der Waals surface area contributed by atoms with E-state index in [1.165, 1.54) is 0 Å². The van der Waals surface area contributed by atoms with Crippen molar-refractivity contribution in [3.63, 3.8) is 0 Å². The first kappa shape index (κ1) is 13.7. The molecule has 3 nitrogen and oxygen atoms in total. The third-order valence-electron chi connectivity index (χ3n) is 1.40. The van der Waals surface area contributed by atoms with Gasteiger partial charge >= 0.3 is 6.18 Å². The molecule has 1 N–H and O–H groups in total. The maximum Gasteiger partial charge on any atom is 0.406 e. The lowest BCUT2D eigenvalue weighted by atomic mass is 10.3. The largest absolute Gasteiger partial charge is 0.406 e. The Morgan fingerprint density at radius 1 is 1.43 bits per heavy atom. The fourth-order valence-electron chi connectivity index (χ4n) is 0.868. The summed E-state index contributed by atoms with van der Waals surface area (Å²) in [5.74, 6) is -0.617. The number of halogens is 4. The molecule has 0 aromatic heterocycles. The highest BCUT2D eigenvalue weighted by Crippen LogP contribution is 2.16. The molecule has 0 aromatic rings. The summed E-state index contributed by atoms with van der Waals surface area (Å²) in [5, 5.41) is 8.79. The predicted octanol–water partition coefficient (Wildman–Crippen LogP) is 1.15. The second-order valence-corrected chi connectivity index (χ2v) is 3.39. The molecule has 0 aromatic carbocycles. The van der Waals surface area contributed by atoms with E-state index in [9.17, 15) is 18.0 Å². The second-order valence-electron chi connectivity index (χ2n) is 2.59. The first-order chi connectivity index (χ1) is 6.40. The third-order valence-corrected chi connectivity index (χ3v) is 1.80. The van der Waals surface area contributed by atoms with Crippen molar-refractivity contribution in [1.29, 1.82) is 0 Å². The Hall–Kier alpha value is -0.300. The quantitative estimate of drug-likeness (QED) is 0.766. The fraction of sp³-hybridized carbons (Fsp3) is 0.857. The summed E-state index contributed by atoms with van der Waals surface area (Å²) in [5.41, 5.74) is 0. The van der Waals surface area contributed by atoms with E-state index in [1.807, 2.05) is 0 Å². The summed E-state index contributed by atoms with van der Waals surface area (Å²) >= 11 is 2.96. The summed E-state index contributed by atoms with van der Waals surface area (Å²) in [4.78, 5) is 11.7. The molecule has 0 radical (unpaired) electrons. The first-order valence-corrected chi connectivity index (χ1v) is 5.04. The zero-order chi connectivity index (χ0) is 11.2. The third kappa shape index (κ3) is 6.20. The Balaban J connectivity index is 4.21. The molecule has 0 aliphatic carbocycles. The van der Waals surface area contributed by atoms with Crippen LogP contribution in [0, 0.1) is 0 Å². The number of nitrogens with zero attached hydrogens (tertiary/aromatic N) is 1. The number of amides is 1. The fourth-order valence-corrected chi connectivity index (χ4v) is 1.21. The minimum atomic E-state index is -4.42. The van der Waals surface area contributed by atoms with Gasteiger partial charge < -0.3 is 10.0 Å². The Morgan fingerprint density at radius 3 is 2.36 bits per heavy atom. The molecule has 0 fully saturated rings. The van der Waals surface area contributed by atoms with E-state index in [0.717, 1.165) is 0 Å². The van der Waals surface area contributed by atoms with Crippen molar-refractivity contribution in [2.75, 3.05) is 25.0 Å². The number of carbonyl (C=O) groups excluding carboxylic acids is 1.